The van der Waals surface area contributed by atoms with Gasteiger partial charge >= 0.3 is 0 Å². The van der Waals surface area contributed by atoms with E-state index >= 15 is 0 Å². The zero-order valence-electron chi connectivity index (χ0n) is 20.2. The minimum Gasteiger partial charge on any atom is -0.352 e. The predicted molar refractivity (Wildman–Crippen MR) is 139 cm³/mol. The van der Waals surface area contributed by atoms with Crippen molar-refractivity contribution in [3.05, 3.63) is 59.0 Å². The summed E-state index contributed by atoms with van der Waals surface area (Å²) in [6.45, 7) is 8.62. The number of carbonyl (C=O) groups is 1. The molecule has 2 N–H and O–H groups in total. The van der Waals surface area contributed by atoms with E-state index in [2.05, 4.69) is 38.9 Å². The molecule has 2 aromatic rings. The van der Waals surface area contributed by atoms with Gasteiger partial charge in [-0.05, 0) is 55.7 Å². The smallest absolute Gasteiger partial charge is 0.232 e. The molecule has 7 nitrogen and oxygen atoms in total. The number of allylic oxidation sites excluding steroid dienone is 1. The van der Waals surface area contributed by atoms with Crippen molar-refractivity contribution in [1.29, 1.82) is 0 Å². The van der Waals surface area contributed by atoms with Crippen LogP contribution >= 0.6 is 11.6 Å². The molecular weight excluding hydrogens is 460 g/mol. The van der Waals surface area contributed by atoms with E-state index in [4.69, 9.17) is 16.6 Å². The lowest BCUT2D eigenvalue weighted by molar-refractivity contribution is -0.136. The van der Waals surface area contributed by atoms with Crippen LogP contribution in [0.1, 0.15) is 62.0 Å². The Morgan fingerprint density at radius 2 is 1.89 bits per heavy atom. The monoisotopic (exact) mass is 492 g/mol. The molecule has 2 saturated heterocycles. The summed E-state index contributed by atoms with van der Waals surface area (Å²) in [7, 11) is 0. The lowest BCUT2D eigenvalue weighted by Crippen LogP contribution is -2.58. The van der Waals surface area contributed by atoms with E-state index in [9.17, 15) is 4.79 Å². The lowest BCUT2D eigenvalue weighted by atomic mass is 9.92. The van der Waals surface area contributed by atoms with Crippen LogP contribution in [0.3, 0.4) is 0 Å². The number of hydrogen-bond acceptors (Lipinski definition) is 6. The van der Waals surface area contributed by atoms with Crippen LogP contribution in [0, 0.1) is 0 Å². The summed E-state index contributed by atoms with van der Waals surface area (Å²) < 4.78 is 0. The van der Waals surface area contributed by atoms with E-state index < -0.39 is 0 Å². The summed E-state index contributed by atoms with van der Waals surface area (Å²) in [6, 6.07) is 8.75. The van der Waals surface area contributed by atoms with Crippen LogP contribution in [0.2, 0.25) is 5.02 Å². The van der Waals surface area contributed by atoms with Crippen LogP contribution in [0.25, 0.3) is 0 Å². The molecule has 3 aliphatic heterocycles. The van der Waals surface area contributed by atoms with Crippen LogP contribution in [-0.2, 0) is 4.79 Å². The van der Waals surface area contributed by atoms with Crippen molar-refractivity contribution in [2.75, 3.05) is 29.9 Å². The van der Waals surface area contributed by atoms with Crippen LogP contribution in [0.4, 0.5) is 11.6 Å². The van der Waals surface area contributed by atoms with Gasteiger partial charge in [-0.3, -0.25) is 4.79 Å². The minimum atomic E-state index is -0.190. The SMILES string of the molecule is C=C1C[C@@H](C)c2c(ncnc2N2CC3CCC(C2)N3C(=O)[C@H](CNC2CC2)c2ccc(Cl)cc2)N1. The number of halogens is 1. The van der Waals surface area contributed by atoms with Gasteiger partial charge in [0.2, 0.25) is 5.91 Å². The molecule has 1 amide bonds. The van der Waals surface area contributed by atoms with Crippen molar-refractivity contribution in [2.24, 2.45) is 0 Å². The maximum atomic E-state index is 14.0. The van der Waals surface area contributed by atoms with Gasteiger partial charge in [0, 0.05) is 54.0 Å². The topological polar surface area (TPSA) is 73.4 Å². The molecule has 1 aromatic carbocycles. The Morgan fingerprint density at radius 3 is 2.57 bits per heavy atom. The van der Waals surface area contributed by atoms with E-state index in [1.165, 1.54) is 18.4 Å². The molecule has 6 rings (SSSR count). The van der Waals surface area contributed by atoms with Gasteiger partial charge in [-0.15, -0.1) is 0 Å². The first-order valence-electron chi connectivity index (χ1n) is 12.8. The zero-order chi connectivity index (χ0) is 24.1. The third-order valence-corrected chi connectivity index (χ3v) is 8.25. The molecule has 35 heavy (non-hydrogen) atoms. The number of anilines is 2. The summed E-state index contributed by atoms with van der Waals surface area (Å²) in [4.78, 5) is 27.8. The van der Waals surface area contributed by atoms with Crippen molar-refractivity contribution < 1.29 is 4.79 Å². The summed E-state index contributed by atoms with van der Waals surface area (Å²) in [5, 5.41) is 7.64. The fourth-order valence-electron chi connectivity index (χ4n) is 6.11. The number of piperazine rings is 1. The maximum Gasteiger partial charge on any atom is 0.232 e. The van der Waals surface area contributed by atoms with E-state index in [1.807, 2.05) is 24.3 Å². The first-order chi connectivity index (χ1) is 17.0. The van der Waals surface area contributed by atoms with Gasteiger partial charge < -0.3 is 20.4 Å². The van der Waals surface area contributed by atoms with Crippen LogP contribution in [-0.4, -0.2) is 58.5 Å². The average molecular weight is 493 g/mol. The molecule has 1 aliphatic carbocycles. The Morgan fingerprint density at radius 1 is 1.17 bits per heavy atom. The number of amides is 1. The van der Waals surface area contributed by atoms with Gasteiger partial charge in [-0.2, -0.15) is 0 Å². The summed E-state index contributed by atoms with van der Waals surface area (Å²) in [5.41, 5.74) is 3.21. The first-order valence-corrected chi connectivity index (χ1v) is 13.2. The third kappa shape index (κ3) is 4.40. The molecule has 0 spiro atoms. The summed E-state index contributed by atoms with van der Waals surface area (Å²) >= 11 is 6.15. The zero-order valence-corrected chi connectivity index (χ0v) is 21.0. The standard InChI is InChI=1S/C27H33ClN6O/c1-16-11-17(2)32-25-24(16)26(31-15-30-25)33-13-21-9-10-22(14-33)34(21)27(35)23(12-29-20-7-8-20)18-3-5-19(28)6-4-18/h3-6,15-16,20-23,29H,2,7-14H2,1H3,(H,30,31,32)/t16-,21?,22?,23-/m1/s1. The number of rotatable bonds is 6. The fraction of sp³-hybridized carbons (Fsp3) is 0.519. The van der Waals surface area contributed by atoms with E-state index in [1.54, 1.807) is 6.33 Å². The maximum absolute atomic E-state index is 14.0. The molecule has 2 unspecified atom stereocenters. The largest absolute Gasteiger partial charge is 0.352 e. The summed E-state index contributed by atoms with van der Waals surface area (Å²) in [6.07, 6.45) is 7.01. The number of nitrogens with one attached hydrogen (secondary N) is 2. The third-order valence-electron chi connectivity index (χ3n) is 8.00. The van der Waals surface area contributed by atoms with Crippen molar-refractivity contribution in [3.8, 4) is 0 Å². The molecule has 4 heterocycles. The van der Waals surface area contributed by atoms with Crippen LogP contribution in [0.15, 0.2) is 42.9 Å². The highest BCUT2D eigenvalue weighted by atomic mass is 35.5. The Bertz CT molecular complexity index is 1120. The Hall–Kier alpha value is -2.64. The van der Waals surface area contributed by atoms with Crippen molar-refractivity contribution >= 4 is 29.1 Å². The Labute approximate surface area is 212 Å². The molecule has 4 aliphatic rings. The highest BCUT2D eigenvalue weighted by Gasteiger charge is 2.45. The Balaban J connectivity index is 1.24. The average Bonchev–Trinajstić information content (AvgIpc) is 3.63. The van der Waals surface area contributed by atoms with Gasteiger partial charge in [0.05, 0.1) is 5.92 Å². The molecule has 0 radical (unpaired) electrons. The second kappa shape index (κ2) is 9.10. The second-order valence-electron chi connectivity index (χ2n) is 10.6. The van der Waals surface area contributed by atoms with Gasteiger partial charge in [0.15, 0.2) is 0 Å². The quantitative estimate of drug-likeness (QED) is 0.627. The van der Waals surface area contributed by atoms with Gasteiger partial charge in [0.25, 0.3) is 0 Å². The second-order valence-corrected chi connectivity index (χ2v) is 11.1. The van der Waals surface area contributed by atoms with Gasteiger partial charge in [-0.25, -0.2) is 9.97 Å². The number of hydrogen-bond donors (Lipinski definition) is 2. The van der Waals surface area contributed by atoms with Crippen molar-refractivity contribution in [3.63, 3.8) is 0 Å². The van der Waals surface area contributed by atoms with Gasteiger partial charge in [0.1, 0.15) is 18.0 Å². The summed E-state index contributed by atoms with van der Waals surface area (Å²) in [5.74, 6) is 2.25. The molecule has 2 bridgehead atoms. The molecule has 3 fully saturated rings. The first kappa shape index (κ1) is 22.8. The van der Waals surface area contributed by atoms with Crippen molar-refractivity contribution in [1.82, 2.24) is 20.2 Å². The van der Waals surface area contributed by atoms with E-state index in [-0.39, 0.29) is 23.9 Å². The lowest BCUT2D eigenvalue weighted by Gasteiger charge is -2.44. The molecule has 184 valence electrons. The molecule has 8 heteroatoms. The number of fused-ring (bicyclic) bond motifs is 3. The highest BCUT2D eigenvalue weighted by Crippen LogP contribution is 2.42. The van der Waals surface area contributed by atoms with E-state index in [0.717, 1.165) is 55.2 Å². The highest BCUT2D eigenvalue weighted by molar-refractivity contribution is 6.30. The molecule has 4 atom stereocenters. The van der Waals surface area contributed by atoms with Gasteiger partial charge in [-0.1, -0.05) is 37.2 Å². The minimum absolute atomic E-state index is 0.190. The van der Waals surface area contributed by atoms with Crippen LogP contribution in [0.5, 0.6) is 0 Å². The number of aromatic nitrogens is 2. The predicted octanol–water partition coefficient (Wildman–Crippen LogP) is 4.28. The number of carbonyl (C=O) groups excluding carboxylic acids is 1. The molecule has 1 saturated carbocycles. The normalized spacial score (nSPS) is 26.3. The number of nitrogens with zero attached hydrogens (tertiary/aromatic N) is 4. The van der Waals surface area contributed by atoms with E-state index in [0.29, 0.717) is 23.5 Å². The molecule has 1 aromatic heterocycles. The molecular formula is C27H33ClN6O. The Kier molecular flexibility index (Phi) is 5.93. The fourth-order valence-corrected chi connectivity index (χ4v) is 6.24. The number of benzene rings is 1. The van der Waals surface area contributed by atoms with Crippen molar-refractivity contribution in [2.45, 2.75) is 69.0 Å². The van der Waals surface area contributed by atoms with Crippen LogP contribution < -0.4 is 15.5 Å².